The average Bonchev–Trinajstić information content (AvgIpc) is 3.32. The second kappa shape index (κ2) is 7.05. The van der Waals surface area contributed by atoms with E-state index < -0.39 is 17.4 Å². The van der Waals surface area contributed by atoms with E-state index in [0.29, 0.717) is 26.9 Å². The number of carbonyl (C=O) groups excluding carboxylic acids is 3. The zero-order valence-corrected chi connectivity index (χ0v) is 18.5. The molecule has 2 aromatic rings. The summed E-state index contributed by atoms with van der Waals surface area (Å²) >= 11 is 12.6. The van der Waals surface area contributed by atoms with Crippen LogP contribution in [-0.2, 0) is 26.5 Å². The highest BCUT2D eigenvalue weighted by atomic mass is 35.5. The van der Waals surface area contributed by atoms with Gasteiger partial charge in [0, 0.05) is 16.6 Å². The number of para-hydroxylation sites is 1. The second-order valence-electron chi connectivity index (χ2n) is 8.70. The number of halogens is 2. The molecule has 0 unspecified atom stereocenters. The van der Waals surface area contributed by atoms with Crippen LogP contribution in [0.2, 0.25) is 10.0 Å². The lowest BCUT2D eigenvalue weighted by atomic mass is 9.76. The van der Waals surface area contributed by atoms with Crippen LogP contribution in [-0.4, -0.2) is 28.7 Å². The molecule has 4 atom stereocenters. The fraction of sp³-hybridized carbons (Fsp3) is 0.348. The smallest absolute Gasteiger partial charge is 0.250 e. The van der Waals surface area contributed by atoms with E-state index in [1.165, 1.54) is 4.90 Å². The summed E-state index contributed by atoms with van der Waals surface area (Å²) in [7, 11) is 0. The van der Waals surface area contributed by atoms with E-state index >= 15 is 0 Å². The lowest BCUT2D eigenvalue weighted by Crippen LogP contribution is -2.53. The van der Waals surface area contributed by atoms with Crippen LogP contribution in [0.5, 0.6) is 0 Å². The van der Waals surface area contributed by atoms with Crippen molar-refractivity contribution in [1.29, 1.82) is 0 Å². The van der Waals surface area contributed by atoms with Crippen molar-refractivity contribution in [3.8, 4) is 0 Å². The fourth-order valence-electron chi connectivity index (χ4n) is 5.31. The first-order chi connectivity index (χ1) is 14.8. The summed E-state index contributed by atoms with van der Waals surface area (Å²) in [5.74, 6) is -2.47. The van der Waals surface area contributed by atoms with Crippen molar-refractivity contribution < 1.29 is 14.4 Å². The first-order valence-electron chi connectivity index (χ1n) is 10.2. The molecule has 6 nitrogen and oxygen atoms in total. The van der Waals surface area contributed by atoms with E-state index in [1.807, 2.05) is 19.9 Å². The number of carbonyl (C=O) groups is 3. The van der Waals surface area contributed by atoms with Crippen molar-refractivity contribution in [2.24, 2.45) is 17.8 Å². The molecule has 3 aliphatic heterocycles. The predicted molar refractivity (Wildman–Crippen MR) is 118 cm³/mol. The molecule has 0 aromatic heterocycles. The zero-order chi connectivity index (χ0) is 22.1. The van der Waals surface area contributed by atoms with Gasteiger partial charge in [0.05, 0.1) is 29.1 Å². The number of amides is 3. The van der Waals surface area contributed by atoms with Gasteiger partial charge in [-0.05, 0) is 23.6 Å². The molecule has 2 fully saturated rings. The SMILES string of the molecule is CC(C)[C@@H]1N[C@]2(C(=O)Nc3c(Cl)cccc32)[C@H]2C(=O)N(Cc3ccccc3Cl)C(=O)[C@H]12. The van der Waals surface area contributed by atoms with Gasteiger partial charge in [0.1, 0.15) is 5.54 Å². The zero-order valence-electron chi connectivity index (χ0n) is 17.0. The van der Waals surface area contributed by atoms with E-state index in [4.69, 9.17) is 23.2 Å². The van der Waals surface area contributed by atoms with Gasteiger partial charge in [0.25, 0.3) is 0 Å². The van der Waals surface area contributed by atoms with Gasteiger partial charge in [-0.15, -0.1) is 0 Å². The molecule has 160 valence electrons. The molecule has 0 aliphatic carbocycles. The Morgan fingerprint density at radius 3 is 2.42 bits per heavy atom. The number of anilines is 1. The quantitative estimate of drug-likeness (QED) is 0.690. The fourth-order valence-corrected chi connectivity index (χ4v) is 5.73. The van der Waals surface area contributed by atoms with Crippen LogP contribution in [0, 0.1) is 17.8 Å². The highest BCUT2D eigenvalue weighted by Crippen LogP contribution is 2.55. The monoisotopic (exact) mass is 457 g/mol. The summed E-state index contributed by atoms with van der Waals surface area (Å²) in [6, 6.07) is 12.0. The van der Waals surface area contributed by atoms with E-state index in [2.05, 4.69) is 10.6 Å². The molecule has 31 heavy (non-hydrogen) atoms. The number of imide groups is 1. The van der Waals surface area contributed by atoms with Gasteiger partial charge in [-0.3, -0.25) is 24.6 Å². The van der Waals surface area contributed by atoms with Crippen molar-refractivity contribution in [1.82, 2.24) is 10.2 Å². The van der Waals surface area contributed by atoms with Crippen molar-refractivity contribution in [3.63, 3.8) is 0 Å². The van der Waals surface area contributed by atoms with Crippen molar-refractivity contribution in [2.45, 2.75) is 32.0 Å². The number of fused-ring (bicyclic) bond motifs is 4. The standard InChI is InChI=1S/C23H21Cl2N3O3/c1-11(2)18-16-17(21(30)28(20(16)29)10-12-6-3-4-8-14(12)24)23(27-18)13-7-5-9-15(25)19(13)26-22(23)31/h3-9,11,16-18,27H,10H2,1-2H3,(H,26,31)/t16-,17+,18-,23-/m0/s1. The molecule has 1 spiro atoms. The third kappa shape index (κ3) is 2.71. The van der Waals surface area contributed by atoms with Gasteiger partial charge in [-0.1, -0.05) is 67.4 Å². The van der Waals surface area contributed by atoms with Crippen LogP contribution in [0.1, 0.15) is 25.0 Å². The molecule has 2 N–H and O–H groups in total. The Bertz CT molecular complexity index is 1130. The number of likely N-dealkylation sites (tertiary alicyclic amines) is 1. The van der Waals surface area contributed by atoms with Gasteiger partial charge < -0.3 is 5.32 Å². The minimum atomic E-state index is -1.33. The van der Waals surface area contributed by atoms with Crippen LogP contribution in [0.3, 0.4) is 0 Å². The molecule has 0 saturated carbocycles. The Kier molecular flexibility index (Phi) is 4.66. The summed E-state index contributed by atoms with van der Waals surface area (Å²) in [6.07, 6.45) is 0. The Morgan fingerprint density at radius 2 is 1.71 bits per heavy atom. The highest BCUT2D eigenvalue weighted by molar-refractivity contribution is 6.35. The van der Waals surface area contributed by atoms with Crippen molar-refractivity contribution in [2.75, 3.05) is 5.32 Å². The Balaban J connectivity index is 1.63. The molecule has 0 bridgehead atoms. The van der Waals surface area contributed by atoms with Crippen LogP contribution in [0.15, 0.2) is 42.5 Å². The topological polar surface area (TPSA) is 78.5 Å². The summed E-state index contributed by atoms with van der Waals surface area (Å²) < 4.78 is 0. The Morgan fingerprint density at radius 1 is 1.00 bits per heavy atom. The lowest BCUT2D eigenvalue weighted by molar-refractivity contribution is -0.143. The summed E-state index contributed by atoms with van der Waals surface area (Å²) in [5.41, 5.74) is 0.466. The molecular formula is C23H21Cl2N3O3. The third-order valence-corrected chi connectivity index (χ3v) is 7.41. The number of hydrogen-bond acceptors (Lipinski definition) is 4. The molecule has 8 heteroatoms. The van der Waals surface area contributed by atoms with Gasteiger partial charge in [0.15, 0.2) is 0 Å². The third-order valence-electron chi connectivity index (χ3n) is 6.73. The maximum absolute atomic E-state index is 13.7. The van der Waals surface area contributed by atoms with E-state index in [-0.39, 0.29) is 36.2 Å². The largest absolute Gasteiger partial charge is 0.323 e. The number of hydrogen-bond donors (Lipinski definition) is 2. The van der Waals surface area contributed by atoms with Gasteiger partial charge >= 0.3 is 0 Å². The molecule has 3 aliphatic rings. The number of rotatable bonds is 3. The Hall–Kier alpha value is -2.41. The molecule has 2 aromatic carbocycles. The van der Waals surface area contributed by atoms with Crippen molar-refractivity contribution in [3.05, 3.63) is 63.6 Å². The van der Waals surface area contributed by atoms with E-state index in [0.717, 1.165) is 0 Å². The second-order valence-corrected chi connectivity index (χ2v) is 9.51. The van der Waals surface area contributed by atoms with Gasteiger partial charge in [0.2, 0.25) is 17.7 Å². The Labute approximate surface area is 189 Å². The average molecular weight is 458 g/mol. The highest BCUT2D eigenvalue weighted by Gasteiger charge is 2.70. The first-order valence-corrected chi connectivity index (χ1v) is 11.0. The maximum Gasteiger partial charge on any atom is 0.250 e. The van der Waals surface area contributed by atoms with Gasteiger partial charge in [-0.25, -0.2) is 0 Å². The molecule has 0 radical (unpaired) electrons. The molecule has 5 rings (SSSR count). The summed E-state index contributed by atoms with van der Waals surface area (Å²) in [6.45, 7) is 4.04. The van der Waals surface area contributed by atoms with E-state index in [1.54, 1.807) is 36.4 Å². The number of nitrogens with one attached hydrogen (secondary N) is 2. The summed E-state index contributed by atoms with van der Waals surface area (Å²) in [4.78, 5) is 41.8. The van der Waals surface area contributed by atoms with Gasteiger partial charge in [-0.2, -0.15) is 0 Å². The van der Waals surface area contributed by atoms with Crippen LogP contribution in [0.4, 0.5) is 5.69 Å². The summed E-state index contributed by atoms with van der Waals surface area (Å²) in [5, 5.41) is 7.13. The predicted octanol–water partition coefficient (Wildman–Crippen LogP) is 3.57. The van der Waals surface area contributed by atoms with Crippen LogP contribution in [0.25, 0.3) is 0 Å². The first kappa shape index (κ1) is 20.5. The number of nitrogens with zero attached hydrogens (tertiary/aromatic N) is 1. The van der Waals surface area contributed by atoms with Crippen molar-refractivity contribution >= 4 is 46.6 Å². The maximum atomic E-state index is 13.7. The molecular weight excluding hydrogens is 437 g/mol. The minimum absolute atomic E-state index is 0.0277. The van der Waals surface area contributed by atoms with E-state index in [9.17, 15) is 14.4 Å². The van der Waals surface area contributed by atoms with Crippen LogP contribution >= 0.6 is 23.2 Å². The molecule has 3 heterocycles. The molecule has 2 saturated heterocycles. The molecule has 3 amide bonds. The lowest BCUT2D eigenvalue weighted by Gasteiger charge is -2.30. The normalized spacial score (nSPS) is 29.1. The number of benzene rings is 2. The van der Waals surface area contributed by atoms with Crippen LogP contribution < -0.4 is 10.6 Å². The minimum Gasteiger partial charge on any atom is -0.323 e.